The van der Waals surface area contributed by atoms with Crippen molar-refractivity contribution < 1.29 is 14.4 Å². The number of fused-ring (bicyclic) bond motifs is 1. The molecule has 1 aromatic heterocycles. The largest absolute Gasteiger partial charge is 0.295 e. The van der Waals surface area contributed by atoms with Gasteiger partial charge in [0.25, 0.3) is 11.8 Å². The molecule has 4 rings (SSSR count). The molecule has 170 valence electrons. The Balaban J connectivity index is 1.30. The number of nitrogens with zero attached hydrogens (tertiary/aromatic N) is 4. The highest BCUT2D eigenvalue weighted by Crippen LogP contribution is 2.27. The summed E-state index contributed by atoms with van der Waals surface area (Å²) < 4.78 is 1.82. The molecule has 3 aromatic rings. The Kier molecular flexibility index (Phi) is 7.10. The summed E-state index contributed by atoms with van der Waals surface area (Å²) in [4.78, 5) is 38.5. The SMILES string of the molecule is CCn1c(NC(=O)CCCN2C(=O)c3ccccc3C2=O)nnc1SCc1ccccc1Cl. The lowest BCUT2D eigenvalue weighted by Crippen LogP contribution is -2.31. The van der Waals surface area contributed by atoms with Crippen LogP contribution >= 0.6 is 23.4 Å². The standard InChI is InChI=1S/C23H22ClN5O3S/c1-2-28-22(26-27-23(28)33-14-15-8-3-6-11-18(15)24)25-19(30)12-7-13-29-20(31)16-9-4-5-10-17(16)21(29)32/h3-6,8-11H,2,7,12-14H2,1H3,(H,25,26,30). The van der Waals surface area contributed by atoms with Crippen molar-refractivity contribution >= 4 is 47.0 Å². The maximum Gasteiger partial charge on any atom is 0.261 e. The van der Waals surface area contributed by atoms with Crippen molar-refractivity contribution in [3.8, 4) is 0 Å². The predicted molar refractivity (Wildman–Crippen MR) is 126 cm³/mol. The van der Waals surface area contributed by atoms with Crippen molar-refractivity contribution in [3.05, 3.63) is 70.2 Å². The van der Waals surface area contributed by atoms with Crippen molar-refractivity contribution in [3.63, 3.8) is 0 Å². The van der Waals surface area contributed by atoms with Gasteiger partial charge in [0.05, 0.1) is 11.1 Å². The molecule has 3 amide bonds. The number of imide groups is 1. The summed E-state index contributed by atoms with van der Waals surface area (Å²) in [5, 5.41) is 12.5. The first-order valence-electron chi connectivity index (χ1n) is 10.5. The first-order valence-corrected chi connectivity index (χ1v) is 11.9. The number of rotatable bonds is 9. The number of halogens is 1. The number of thioether (sulfide) groups is 1. The molecule has 2 aromatic carbocycles. The molecule has 1 aliphatic heterocycles. The summed E-state index contributed by atoms with van der Waals surface area (Å²) in [6.07, 6.45) is 0.498. The van der Waals surface area contributed by atoms with E-state index in [1.807, 2.05) is 35.8 Å². The lowest BCUT2D eigenvalue weighted by atomic mass is 10.1. The zero-order chi connectivity index (χ0) is 23.4. The number of hydrogen-bond acceptors (Lipinski definition) is 6. The third kappa shape index (κ3) is 4.94. The molecule has 0 fully saturated rings. The number of carbonyl (C=O) groups excluding carboxylic acids is 3. The van der Waals surface area contributed by atoms with Crippen LogP contribution in [-0.4, -0.2) is 43.9 Å². The lowest BCUT2D eigenvalue weighted by Gasteiger charge is -2.13. The normalized spacial score (nSPS) is 12.8. The minimum atomic E-state index is -0.318. The smallest absolute Gasteiger partial charge is 0.261 e. The number of nitrogens with one attached hydrogen (secondary N) is 1. The summed E-state index contributed by atoms with van der Waals surface area (Å²) in [6, 6.07) is 14.3. The van der Waals surface area contributed by atoms with Crippen LogP contribution in [0.3, 0.4) is 0 Å². The molecule has 1 N–H and O–H groups in total. The van der Waals surface area contributed by atoms with E-state index in [4.69, 9.17) is 11.6 Å². The second-order valence-corrected chi connectivity index (χ2v) is 8.74. The number of benzene rings is 2. The van der Waals surface area contributed by atoms with Crippen LogP contribution < -0.4 is 5.32 Å². The third-order valence-electron chi connectivity index (χ3n) is 5.26. The van der Waals surface area contributed by atoms with E-state index in [0.29, 0.717) is 46.0 Å². The maximum atomic E-state index is 12.5. The molecule has 0 bridgehead atoms. The number of carbonyl (C=O) groups is 3. The van der Waals surface area contributed by atoms with Gasteiger partial charge in [-0.05, 0) is 37.1 Å². The van der Waals surface area contributed by atoms with Crippen molar-refractivity contribution in [1.29, 1.82) is 0 Å². The van der Waals surface area contributed by atoms with Gasteiger partial charge >= 0.3 is 0 Å². The maximum absolute atomic E-state index is 12.5. The minimum absolute atomic E-state index is 0.145. The van der Waals surface area contributed by atoms with Crippen LogP contribution in [0.15, 0.2) is 53.7 Å². The molecule has 0 spiro atoms. The topological polar surface area (TPSA) is 97.2 Å². The number of aromatic nitrogens is 3. The molecule has 10 heteroatoms. The van der Waals surface area contributed by atoms with Crippen molar-refractivity contribution in [2.75, 3.05) is 11.9 Å². The molecule has 0 saturated carbocycles. The Hall–Kier alpha value is -3.17. The monoisotopic (exact) mass is 483 g/mol. The molecule has 0 atom stereocenters. The fourth-order valence-electron chi connectivity index (χ4n) is 3.56. The van der Waals surface area contributed by atoms with Gasteiger partial charge in [0.15, 0.2) is 5.16 Å². The molecule has 0 radical (unpaired) electrons. The molecule has 0 saturated heterocycles. The fraction of sp³-hybridized carbons (Fsp3) is 0.261. The molecule has 1 aliphatic rings. The second kappa shape index (κ2) is 10.2. The van der Waals surface area contributed by atoms with Gasteiger partial charge in [0, 0.05) is 30.3 Å². The van der Waals surface area contributed by atoms with E-state index in [9.17, 15) is 14.4 Å². The van der Waals surface area contributed by atoms with Crippen LogP contribution in [0.2, 0.25) is 5.02 Å². The van der Waals surface area contributed by atoms with E-state index in [2.05, 4.69) is 15.5 Å². The summed E-state index contributed by atoms with van der Waals surface area (Å²) >= 11 is 7.71. The van der Waals surface area contributed by atoms with Crippen LogP contribution in [0.4, 0.5) is 5.95 Å². The first kappa shape index (κ1) is 23.0. The van der Waals surface area contributed by atoms with Crippen LogP contribution in [-0.2, 0) is 17.1 Å². The Morgan fingerprint density at radius 1 is 1.03 bits per heavy atom. The summed E-state index contributed by atoms with van der Waals surface area (Å²) in [5.41, 5.74) is 1.81. The molecular weight excluding hydrogens is 462 g/mol. The summed E-state index contributed by atoms with van der Waals surface area (Å²) in [7, 11) is 0. The fourth-order valence-corrected chi connectivity index (χ4v) is 4.85. The Labute approximate surface area is 200 Å². The predicted octanol–water partition coefficient (Wildman–Crippen LogP) is 4.26. The van der Waals surface area contributed by atoms with E-state index < -0.39 is 0 Å². The van der Waals surface area contributed by atoms with Crippen molar-refractivity contribution in [2.45, 2.75) is 37.2 Å². The van der Waals surface area contributed by atoms with E-state index in [0.717, 1.165) is 5.56 Å². The van der Waals surface area contributed by atoms with Gasteiger partial charge in [-0.15, -0.1) is 10.2 Å². The molecule has 0 aliphatic carbocycles. The Bertz CT molecular complexity index is 1180. The average molecular weight is 484 g/mol. The molecule has 2 heterocycles. The van der Waals surface area contributed by atoms with Gasteiger partial charge < -0.3 is 0 Å². The number of hydrogen-bond donors (Lipinski definition) is 1. The van der Waals surface area contributed by atoms with Gasteiger partial charge in [-0.3, -0.25) is 29.2 Å². The quantitative estimate of drug-likeness (QED) is 0.361. The molecule has 33 heavy (non-hydrogen) atoms. The van der Waals surface area contributed by atoms with Gasteiger partial charge in [0.1, 0.15) is 0 Å². The zero-order valence-corrected chi connectivity index (χ0v) is 19.5. The Morgan fingerprint density at radius 2 is 1.70 bits per heavy atom. The average Bonchev–Trinajstić information content (AvgIpc) is 3.31. The highest BCUT2D eigenvalue weighted by Gasteiger charge is 2.34. The van der Waals surface area contributed by atoms with Gasteiger partial charge in [-0.1, -0.05) is 53.7 Å². The van der Waals surface area contributed by atoms with Crippen molar-refractivity contribution in [1.82, 2.24) is 19.7 Å². The van der Waals surface area contributed by atoms with Crippen LogP contribution in [0.1, 0.15) is 46.0 Å². The van der Waals surface area contributed by atoms with Gasteiger partial charge in [0.2, 0.25) is 11.9 Å². The summed E-state index contributed by atoms with van der Waals surface area (Å²) in [5.74, 6) is 0.108. The lowest BCUT2D eigenvalue weighted by molar-refractivity contribution is -0.116. The van der Waals surface area contributed by atoms with E-state index in [1.54, 1.807) is 24.3 Å². The van der Waals surface area contributed by atoms with E-state index in [1.165, 1.54) is 16.7 Å². The minimum Gasteiger partial charge on any atom is -0.295 e. The van der Waals surface area contributed by atoms with Crippen LogP contribution in [0.5, 0.6) is 0 Å². The molecule has 0 unspecified atom stereocenters. The second-order valence-electron chi connectivity index (χ2n) is 7.39. The zero-order valence-electron chi connectivity index (χ0n) is 18.0. The number of anilines is 1. The number of amides is 3. The third-order valence-corrected chi connectivity index (χ3v) is 6.65. The van der Waals surface area contributed by atoms with Gasteiger partial charge in [-0.25, -0.2) is 0 Å². The highest BCUT2D eigenvalue weighted by molar-refractivity contribution is 7.98. The summed E-state index contributed by atoms with van der Waals surface area (Å²) in [6.45, 7) is 2.71. The van der Waals surface area contributed by atoms with E-state index >= 15 is 0 Å². The first-order chi connectivity index (χ1) is 16.0. The highest BCUT2D eigenvalue weighted by atomic mass is 35.5. The molecular formula is C23H22ClN5O3S. The Morgan fingerprint density at radius 3 is 2.36 bits per heavy atom. The van der Waals surface area contributed by atoms with E-state index in [-0.39, 0.29) is 30.7 Å². The van der Waals surface area contributed by atoms with Crippen LogP contribution in [0.25, 0.3) is 0 Å². The van der Waals surface area contributed by atoms with Gasteiger partial charge in [-0.2, -0.15) is 0 Å². The van der Waals surface area contributed by atoms with Crippen LogP contribution in [0, 0.1) is 0 Å². The molecule has 8 nitrogen and oxygen atoms in total. The van der Waals surface area contributed by atoms with Crippen molar-refractivity contribution in [2.24, 2.45) is 0 Å².